The van der Waals surface area contributed by atoms with Gasteiger partial charge in [-0.15, -0.1) is 0 Å². The molecule has 0 N–H and O–H groups in total. The molecule has 5 aliphatic rings. The quantitative estimate of drug-likeness (QED) is 0.0293. The Morgan fingerprint density at radius 2 is 0.790 bits per heavy atom. The molecular formula is C64H82N8O8Zn. The number of hydrogen-bond acceptors (Lipinski definition) is 14. The second kappa shape index (κ2) is 30.0. The maximum atomic E-state index is 6.72. The molecule has 9 rings (SSSR count). The number of benzene rings is 2. The molecule has 0 spiro atoms. The Morgan fingerprint density at radius 1 is 0.383 bits per heavy atom. The first-order valence-electron chi connectivity index (χ1n) is 30.1. The molecule has 2 atom stereocenters. The Bertz CT molecular complexity index is 3080. The van der Waals surface area contributed by atoms with Crippen LogP contribution < -0.4 is 39.9 Å². The Kier molecular flexibility index (Phi) is 22.5. The topological polar surface area (TPSA) is 179 Å². The van der Waals surface area contributed by atoms with Crippen LogP contribution in [-0.4, -0.2) is 82.8 Å². The molecule has 0 saturated carbocycles. The van der Waals surface area contributed by atoms with Gasteiger partial charge in [0.15, 0.2) is 5.82 Å². The standard InChI is InChI=1S/C64H82N8O8.Zn/c1-9-17-33-73-41-25-26-42(74-34-18-10-2)50-49(41)57-65-58(50)70-60-53-45(77-37-21-13-5)29-30-46(78-38-22-14-6)54(53)62(67-60)72-64-56-48(80-40-24-16-8)32-31-47(79-39-23-15-7)55(56)63(68-64)71-61-52-44(76-36-20-12-4)28-27-43(75-35-19-11-3)51(52)59(66-61)69-57;/h25-32,49,55H,9-24,33-40H2,1-8H3;/q-2;+2. The summed E-state index contributed by atoms with van der Waals surface area (Å²) >= 11 is 0. The van der Waals surface area contributed by atoms with E-state index in [1.807, 2.05) is 48.6 Å². The predicted octanol–water partition coefficient (Wildman–Crippen LogP) is 12.8. The van der Waals surface area contributed by atoms with Gasteiger partial charge in [-0.2, -0.15) is 0 Å². The van der Waals surface area contributed by atoms with E-state index in [9.17, 15) is 0 Å². The molecule has 3 aliphatic heterocycles. The minimum absolute atomic E-state index is 0. The van der Waals surface area contributed by atoms with Crippen LogP contribution in [0.2, 0.25) is 0 Å². The Hall–Kier alpha value is -6.48. The third-order valence-electron chi connectivity index (χ3n) is 14.4. The molecule has 0 radical (unpaired) electrons. The molecule has 2 aromatic heterocycles. The second-order valence-electron chi connectivity index (χ2n) is 20.7. The van der Waals surface area contributed by atoms with E-state index in [2.05, 4.69) is 55.4 Å². The van der Waals surface area contributed by atoms with Gasteiger partial charge in [0, 0.05) is 44.5 Å². The monoisotopic (exact) mass is 1150 g/mol. The van der Waals surface area contributed by atoms with Crippen LogP contribution in [0.4, 0.5) is 0 Å². The van der Waals surface area contributed by atoms with Gasteiger partial charge in [0.25, 0.3) is 0 Å². The first-order valence-corrected chi connectivity index (χ1v) is 30.1. The molecule has 428 valence electrons. The molecule has 81 heavy (non-hydrogen) atoms. The van der Waals surface area contributed by atoms with Crippen molar-refractivity contribution in [1.29, 1.82) is 0 Å². The summed E-state index contributed by atoms with van der Waals surface area (Å²) in [5, 5.41) is 1.28. The van der Waals surface area contributed by atoms with Crippen LogP contribution >= 0.6 is 0 Å². The molecule has 0 fully saturated rings. The SMILES string of the molecule is CCCCOC1=CC=C(OCCCC)C2C1=c1nc2nc2nc(nc3[n-]c(nc4[n-]c(n1)c1c(OCCCC)ccc(OCCCC)c41)=C1C(OCCCC)=CC=C(OCCCC)C13)-c1c(OCCCC)ccc(OCCCC)c1-2.[Zn+2]. The van der Waals surface area contributed by atoms with Crippen molar-refractivity contribution >= 4 is 33.2 Å². The largest absolute Gasteiger partial charge is 2.00 e. The van der Waals surface area contributed by atoms with Crippen molar-refractivity contribution < 1.29 is 57.4 Å². The summed E-state index contributed by atoms with van der Waals surface area (Å²) in [6.45, 7) is 21.1. The van der Waals surface area contributed by atoms with Crippen molar-refractivity contribution in [1.82, 2.24) is 39.9 Å². The van der Waals surface area contributed by atoms with Crippen molar-refractivity contribution in [3.63, 3.8) is 0 Å². The van der Waals surface area contributed by atoms with Crippen molar-refractivity contribution in [2.75, 3.05) is 52.9 Å². The van der Waals surface area contributed by atoms with Crippen LogP contribution in [0, 0.1) is 0 Å². The van der Waals surface area contributed by atoms with Gasteiger partial charge < -0.3 is 62.8 Å². The van der Waals surface area contributed by atoms with Crippen molar-refractivity contribution in [3.05, 3.63) is 94.2 Å². The summed E-state index contributed by atoms with van der Waals surface area (Å²) in [6, 6.07) is 7.82. The van der Waals surface area contributed by atoms with Gasteiger partial charge >= 0.3 is 19.5 Å². The first-order chi connectivity index (χ1) is 39.4. The molecule has 5 heterocycles. The van der Waals surface area contributed by atoms with E-state index >= 15 is 0 Å². The van der Waals surface area contributed by atoms with E-state index in [4.69, 9.17) is 77.8 Å². The maximum Gasteiger partial charge on any atom is 2.00 e. The second-order valence-corrected chi connectivity index (χ2v) is 20.7. The predicted molar refractivity (Wildman–Crippen MR) is 312 cm³/mol. The third-order valence-corrected chi connectivity index (χ3v) is 14.4. The fourth-order valence-electron chi connectivity index (χ4n) is 9.87. The number of aromatic nitrogens is 8. The van der Waals surface area contributed by atoms with Gasteiger partial charge in [0.1, 0.15) is 57.8 Å². The summed E-state index contributed by atoms with van der Waals surface area (Å²) in [5.41, 5.74) is 4.13. The summed E-state index contributed by atoms with van der Waals surface area (Å²) in [6.07, 6.45) is 22.4. The van der Waals surface area contributed by atoms with E-state index in [1.165, 1.54) is 0 Å². The van der Waals surface area contributed by atoms with Gasteiger partial charge in [-0.1, -0.05) is 107 Å². The zero-order chi connectivity index (χ0) is 55.8. The van der Waals surface area contributed by atoms with Crippen molar-refractivity contribution in [3.8, 4) is 45.8 Å². The van der Waals surface area contributed by atoms with Crippen LogP contribution in [-0.2, 0) is 38.4 Å². The number of allylic oxidation sites excluding steroid dienone is 8. The van der Waals surface area contributed by atoms with Crippen LogP contribution in [0.3, 0.4) is 0 Å². The van der Waals surface area contributed by atoms with Crippen LogP contribution in [0.25, 0.3) is 56.0 Å². The van der Waals surface area contributed by atoms with Crippen LogP contribution in [0.15, 0.2) is 71.6 Å². The molecular weight excluding hydrogens is 1070 g/mol. The summed E-state index contributed by atoms with van der Waals surface area (Å²) in [5.74, 6) is 5.29. The van der Waals surface area contributed by atoms with Crippen molar-refractivity contribution in [2.45, 2.75) is 170 Å². The minimum Gasteiger partial charge on any atom is -0.497 e. The Balaban J connectivity index is 0.00000860. The molecule has 4 aromatic rings. The molecule has 17 heteroatoms. The number of nitrogens with zero attached hydrogens (tertiary/aromatic N) is 8. The fraction of sp³-hybridized carbons (Fsp3) is 0.531. The molecule has 2 aliphatic carbocycles. The fourth-order valence-corrected chi connectivity index (χ4v) is 9.87. The molecule has 8 bridgehead atoms. The number of rotatable bonds is 32. The molecule has 0 amide bonds. The van der Waals surface area contributed by atoms with E-state index in [0.29, 0.717) is 177 Å². The third kappa shape index (κ3) is 13.7. The number of fused-ring (bicyclic) bond motifs is 18. The zero-order valence-electron chi connectivity index (χ0n) is 49.3. The van der Waals surface area contributed by atoms with Crippen molar-refractivity contribution in [2.24, 2.45) is 0 Å². The van der Waals surface area contributed by atoms with Gasteiger partial charge in [0.05, 0.1) is 81.2 Å². The van der Waals surface area contributed by atoms with Crippen LogP contribution in [0.5, 0.6) is 23.0 Å². The molecule has 16 nitrogen and oxygen atoms in total. The number of hydrogen-bond donors (Lipinski definition) is 0. The smallest absolute Gasteiger partial charge is 0.497 e. The molecule has 2 aromatic carbocycles. The number of ether oxygens (including phenoxy) is 8. The average molecular weight is 1160 g/mol. The van der Waals surface area contributed by atoms with Gasteiger partial charge in [0.2, 0.25) is 0 Å². The van der Waals surface area contributed by atoms with E-state index in [0.717, 1.165) is 103 Å². The summed E-state index contributed by atoms with van der Waals surface area (Å²) in [7, 11) is 0. The molecule has 2 unspecified atom stereocenters. The van der Waals surface area contributed by atoms with Gasteiger partial charge in [-0.3, -0.25) is 0 Å². The van der Waals surface area contributed by atoms with Gasteiger partial charge in [-0.25, -0.2) is 15.0 Å². The van der Waals surface area contributed by atoms with E-state index in [1.54, 1.807) is 0 Å². The normalized spacial score (nSPS) is 15.5. The first kappa shape index (κ1) is 60.6. The van der Waals surface area contributed by atoms with E-state index < -0.39 is 11.8 Å². The summed E-state index contributed by atoms with van der Waals surface area (Å²) < 4.78 is 53.6. The average Bonchev–Trinajstić information content (AvgIpc) is 4.36. The zero-order valence-corrected chi connectivity index (χ0v) is 52.3. The molecule has 0 saturated heterocycles. The Morgan fingerprint density at radius 3 is 1.28 bits per heavy atom. The van der Waals surface area contributed by atoms with Crippen LogP contribution in [0.1, 0.15) is 182 Å². The van der Waals surface area contributed by atoms with E-state index in [-0.39, 0.29) is 19.5 Å². The minimum atomic E-state index is -0.622. The van der Waals surface area contributed by atoms with Gasteiger partial charge in [-0.05, 0) is 99.9 Å². The Labute approximate surface area is 490 Å². The maximum absolute atomic E-state index is 6.72. The number of unbranched alkanes of at least 4 members (excludes halogenated alkanes) is 8. The summed E-state index contributed by atoms with van der Waals surface area (Å²) in [4.78, 5) is 43.7.